The minimum atomic E-state index is -3.62. The number of carboxylic acids is 1. The lowest BCUT2D eigenvalue weighted by molar-refractivity contribution is -0.144. The number of benzene rings is 1. The maximum absolute atomic E-state index is 12.3. The molecule has 1 aromatic carbocycles. The van der Waals surface area contributed by atoms with E-state index in [0.29, 0.717) is 26.3 Å². The number of nitrogens with zero attached hydrogens (tertiary/aromatic N) is 1. The molecule has 0 saturated carbocycles. The van der Waals surface area contributed by atoms with Crippen LogP contribution >= 0.6 is 0 Å². The molecule has 1 aliphatic rings. The molecule has 0 unspecified atom stereocenters. The van der Waals surface area contributed by atoms with Crippen molar-refractivity contribution in [3.63, 3.8) is 0 Å². The standard InChI is InChI=1S/C13H17NO5S/c15-13(16)12(14-6-8-19-9-7-14)10-20(17,18)11-4-2-1-3-5-11/h1-5,12H,6-10H2,(H,15,16)/t12-/m0/s1. The van der Waals surface area contributed by atoms with E-state index in [2.05, 4.69) is 0 Å². The van der Waals surface area contributed by atoms with Gasteiger partial charge in [0.15, 0.2) is 9.84 Å². The van der Waals surface area contributed by atoms with Gasteiger partial charge in [-0.3, -0.25) is 9.69 Å². The first-order valence-electron chi connectivity index (χ1n) is 6.33. The fourth-order valence-corrected chi connectivity index (χ4v) is 3.69. The van der Waals surface area contributed by atoms with Gasteiger partial charge in [-0.05, 0) is 12.1 Å². The molecule has 0 spiro atoms. The zero-order valence-corrected chi connectivity index (χ0v) is 11.8. The molecule has 1 aliphatic heterocycles. The van der Waals surface area contributed by atoms with E-state index >= 15 is 0 Å². The third kappa shape index (κ3) is 3.56. The Labute approximate surface area is 117 Å². The highest BCUT2D eigenvalue weighted by Gasteiger charge is 2.32. The molecule has 2 rings (SSSR count). The molecule has 0 bridgehead atoms. The third-order valence-corrected chi connectivity index (χ3v) is 5.00. The summed E-state index contributed by atoms with van der Waals surface area (Å²) in [6.07, 6.45) is 0. The zero-order chi connectivity index (χ0) is 14.6. The maximum atomic E-state index is 12.3. The Balaban J connectivity index is 2.17. The van der Waals surface area contributed by atoms with Crippen molar-refractivity contribution in [2.45, 2.75) is 10.9 Å². The van der Waals surface area contributed by atoms with Crippen LogP contribution in [0.5, 0.6) is 0 Å². The Hall–Kier alpha value is -1.44. The number of hydrogen-bond donors (Lipinski definition) is 1. The summed E-state index contributed by atoms with van der Waals surface area (Å²) in [5, 5.41) is 9.29. The van der Waals surface area contributed by atoms with E-state index in [1.807, 2.05) is 0 Å². The first-order valence-corrected chi connectivity index (χ1v) is 7.98. The Kier molecular flexibility index (Phi) is 4.74. The van der Waals surface area contributed by atoms with Gasteiger partial charge < -0.3 is 9.84 Å². The van der Waals surface area contributed by atoms with Gasteiger partial charge in [-0.2, -0.15) is 0 Å². The number of hydrogen-bond acceptors (Lipinski definition) is 5. The van der Waals surface area contributed by atoms with E-state index in [9.17, 15) is 18.3 Å². The Morgan fingerprint density at radius 3 is 2.40 bits per heavy atom. The average Bonchev–Trinajstić information content (AvgIpc) is 2.46. The molecule has 7 heteroatoms. The van der Waals surface area contributed by atoms with Crippen molar-refractivity contribution in [2.75, 3.05) is 32.1 Å². The second-order valence-corrected chi connectivity index (χ2v) is 6.63. The molecule has 1 saturated heterocycles. The second-order valence-electron chi connectivity index (χ2n) is 4.60. The molecule has 110 valence electrons. The van der Waals surface area contributed by atoms with Crippen molar-refractivity contribution >= 4 is 15.8 Å². The van der Waals surface area contributed by atoms with Crippen LogP contribution in [-0.4, -0.2) is 62.5 Å². The normalized spacial score (nSPS) is 18.6. The molecular weight excluding hydrogens is 282 g/mol. The lowest BCUT2D eigenvalue weighted by atomic mass is 10.2. The molecular formula is C13H17NO5S. The van der Waals surface area contributed by atoms with E-state index in [0.717, 1.165) is 0 Å². The predicted molar refractivity (Wildman–Crippen MR) is 72.3 cm³/mol. The number of morpholine rings is 1. The van der Waals surface area contributed by atoms with Gasteiger partial charge in [-0.1, -0.05) is 18.2 Å². The molecule has 0 aliphatic carbocycles. The van der Waals surface area contributed by atoms with Crippen molar-refractivity contribution in [3.05, 3.63) is 30.3 Å². The summed E-state index contributed by atoms with van der Waals surface area (Å²) in [5.74, 6) is -1.54. The second kappa shape index (κ2) is 6.34. The molecule has 1 aromatic rings. The Morgan fingerprint density at radius 2 is 1.85 bits per heavy atom. The topological polar surface area (TPSA) is 83.9 Å². The van der Waals surface area contributed by atoms with Crippen LogP contribution in [0.4, 0.5) is 0 Å². The lowest BCUT2D eigenvalue weighted by Gasteiger charge is -2.31. The molecule has 1 fully saturated rings. The molecule has 1 atom stereocenters. The highest BCUT2D eigenvalue weighted by atomic mass is 32.2. The van der Waals surface area contributed by atoms with Gasteiger partial charge in [0.1, 0.15) is 6.04 Å². The summed E-state index contributed by atoms with van der Waals surface area (Å²) in [6, 6.07) is 6.88. The van der Waals surface area contributed by atoms with Crippen LogP contribution in [0.2, 0.25) is 0 Å². The number of aliphatic carboxylic acids is 1. The van der Waals surface area contributed by atoms with Crippen molar-refractivity contribution in [3.8, 4) is 0 Å². The fourth-order valence-electron chi connectivity index (χ4n) is 2.15. The summed E-state index contributed by atoms with van der Waals surface area (Å²) in [6.45, 7) is 1.72. The third-order valence-electron chi connectivity index (χ3n) is 3.25. The van der Waals surface area contributed by atoms with Crippen molar-refractivity contribution < 1.29 is 23.1 Å². The summed E-state index contributed by atoms with van der Waals surface area (Å²) in [7, 11) is -3.62. The zero-order valence-electron chi connectivity index (χ0n) is 10.9. The van der Waals surface area contributed by atoms with Gasteiger partial charge in [0.05, 0.1) is 23.9 Å². The summed E-state index contributed by atoms with van der Waals surface area (Å²) < 4.78 is 29.7. The van der Waals surface area contributed by atoms with Gasteiger partial charge in [0.25, 0.3) is 0 Å². The summed E-state index contributed by atoms with van der Waals surface area (Å²) in [4.78, 5) is 13.2. The molecule has 1 heterocycles. The number of carboxylic acid groups (broad SMARTS) is 1. The molecule has 6 nitrogen and oxygen atoms in total. The van der Waals surface area contributed by atoms with Crippen molar-refractivity contribution in [1.82, 2.24) is 4.90 Å². The highest BCUT2D eigenvalue weighted by molar-refractivity contribution is 7.91. The van der Waals surface area contributed by atoms with Crippen LogP contribution in [0.15, 0.2) is 35.2 Å². The van der Waals surface area contributed by atoms with E-state index in [4.69, 9.17) is 4.74 Å². The predicted octanol–water partition coefficient (Wildman–Crippen LogP) is 0.246. The quantitative estimate of drug-likeness (QED) is 0.839. The maximum Gasteiger partial charge on any atom is 0.321 e. The molecule has 1 N–H and O–H groups in total. The summed E-state index contributed by atoms with van der Waals surface area (Å²) >= 11 is 0. The van der Waals surface area contributed by atoms with Gasteiger partial charge >= 0.3 is 5.97 Å². The van der Waals surface area contributed by atoms with Crippen LogP contribution in [0, 0.1) is 0 Å². The van der Waals surface area contributed by atoms with E-state index in [-0.39, 0.29) is 4.90 Å². The number of carbonyl (C=O) groups is 1. The van der Waals surface area contributed by atoms with Crippen molar-refractivity contribution in [1.29, 1.82) is 0 Å². The SMILES string of the molecule is O=C(O)[C@H](CS(=O)(=O)c1ccccc1)N1CCOCC1. The monoisotopic (exact) mass is 299 g/mol. The van der Waals surface area contributed by atoms with Crippen LogP contribution < -0.4 is 0 Å². The first-order chi connectivity index (χ1) is 9.50. The highest BCUT2D eigenvalue weighted by Crippen LogP contribution is 2.15. The fraction of sp³-hybridized carbons (Fsp3) is 0.462. The minimum absolute atomic E-state index is 0.152. The molecule has 0 radical (unpaired) electrons. The number of rotatable bonds is 5. The molecule has 20 heavy (non-hydrogen) atoms. The van der Waals surface area contributed by atoms with Gasteiger partial charge in [0.2, 0.25) is 0 Å². The van der Waals surface area contributed by atoms with Crippen LogP contribution in [0.3, 0.4) is 0 Å². The Morgan fingerprint density at radius 1 is 1.25 bits per heavy atom. The molecule has 0 amide bonds. The number of ether oxygens (including phenoxy) is 1. The van der Waals surface area contributed by atoms with Gasteiger partial charge in [-0.25, -0.2) is 8.42 Å². The smallest absolute Gasteiger partial charge is 0.321 e. The van der Waals surface area contributed by atoms with E-state index in [1.165, 1.54) is 12.1 Å². The Bertz CT molecular complexity index is 551. The largest absolute Gasteiger partial charge is 0.480 e. The molecule has 0 aromatic heterocycles. The van der Waals surface area contributed by atoms with Gasteiger partial charge in [-0.15, -0.1) is 0 Å². The van der Waals surface area contributed by atoms with Crippen LogP contribution in [-0.2, 0) is 19.4 Å². The first kappa shape index (κ1) is 15.0. The average molecular weight is 299 g/mol. The van der Waals surface area contributed by atoms with E-state index in [1.54, 1.807) is 23.1 Å². The summed E-state index contributed by atoms with van der Waals surface area (Å²) in [5.41, 5.74) is 0. The number of sulfone groups is 1. The minimum Gasteiger partial charge on any atom is -0.480 e. The van der Waals surface area contributed by atoms with Crippen molar-refractivity contribution in [2.24, 2.45) is 0 Å². The van der Waals surface area contributed by atoms with Crippen LogP contribution in [0.25, 0.3) is 0 Å². The van der Waals surface area contributed by atoms with Crippen LogP contribution in [0.1, 0.15) is 0 Å². The van der Waals surface area contributed by atoms with Gasteiger partial charge in [0, 0.05) is 13.1 Å². The van der Waals surface area contributed by atoms with E-state index < -0.39 is 27.6 Å². The lowest BCUT2D eigenvalue weighted by Crippen LogP contribution is -2.50.